The Kier molecular flexibility index (Phi) is 5.23. The molecule has 102 valence electrons. The monoisotopic (exact) mass is 270 g/mol. The number of nitro groups is 1. The van der Waals surface area contributed by atoms with Gasteiger partial charge in [-0.05, 0) is 6.07 Å². The van der Waals surface area contributed by atoms with E-state index in [9.17, 15) is 19.7 Å². The summed E-state index contributed by atoms with van der Waals surface area (Å²) in [7, 11) is 0. The molecule has 0 radical (unpaired) electrons. The van der Waals surface area contributed by atoms with E-state index < -0.39 is 30.0 Å². The van der Waals surface area contributed by atoms with Gasteiger partial charge in [-0.2, -0.15) is 0 Å². The Balaban J connectivity index is 2.46. The van der Waals surface area contributed by atoms with E-state index in [0.29, 0.717) is 0 Å². The lowest BCUT2D eigenvalue weighted by molar-refractivity contribution is -0.385. The molecule has 0 aliphatic rings. The predicted octanol–water partition coefficient (Wildman–Crippen LogP) is 0.106. The maximum Gasteiger partial charge on any atom is 0.332 e. The van der Waals surface area contributed by atoms with Crippen molar-refractivity contribution in [1.29, 1.82) is 0 Å². The van der Waals surface area contributed by atoms with E-state index in [4.69, 9.17) is 9.84 Å². The van der Waals surface area contributed by atoms with Gasteiger partial charge in [-0.1, -0.05) is 12.1 Å². The number of nitrogens with one attached hydrogen (secondary N) is 1. The Labute approximate surface area is 106 Å². The van der Waals surface area contributed by atoms with E-state index in [1.807, 2.05) is 5.48 Å². The first-order valence-corrected chi connectivity index (χ1v) is 4.99. The van der Waals surface area contributed by atoms with Crippen LogP contribution in [0.4, 0.5) is 5.69 Å². The third-order valence-corrected chi connectivity index (χ3v) is 1.80. The molecule has 0 unspecified atom stereocenters. The number of nitrogens with zero attached hydrogens (tertiary/aromatic N) is 1. The van der Waals surface area contributed by atoms with Crippen molar-refractivity contribution < 1.29 is 29.2 Å². The molecule has 0 aliphatic heterocycles. The molecule has 0 saturated carbocycles. The molecule has 1 rings (SSSR count). The van der Waals surface area contributed by atoms with Crippen LogP contribution in [-0.2, 0) is 14.4 Å². The number of hydrogen-bond acceptors (Lipinski definition) is 6. The highest BCUT2D eigenvalue weighted by molar-refractivity contribution is 5.77. The van der Waals surface area contributed by atoms with Gasteiger partial charge in [0, 0.05) is 6.07 Å². The molecule has 1 aromatic carbocycles. The molecule has 19 heavy (non-hydrogen) atoms. The second-order valence-corrected chi connectivity index (χ2v) is 3.22. The van der Waals surface area contributed by atoms with E-state index in [1.165, 1.54) is 24.3 Å². The van der Waals surface area contributed by atoms with Crippen molar-refractivity contribution in [1.82, 2.24) is 5.48 Å². The molecule has 0 bridgehead atoms. The zero-order chi connectivity index (χ0) is 14.3. The van der Waals surface area contributed by atoms with Gasteiger partial charge >= 0.3 is 11.7 Å². The molecular weight excluding hydrogens is 260 g/mol. The lowest BCUT2D eigenvalue weighted by Crippen LogP contribution is -2.31. The molecule has 0 saturated heterocycles. The Bertz CT molecular complexity index is 489. The molecule has 0 aromatic heterocycles. The molecule has 0 heterocycles. The summed E-state index contributed by atoms with van der Waals surface area (Å²) in [4.78, 5) is 35.6. The highest BCUT2D eigenvalue weighted by Gasteiger charge is 2.14. The van der Waals surface area contributed by atoms with Gasteiger partial charge in [0.15, 0.2) is 19.0 Å². The zero-order valence-electron chi connectivity index (χ0n) is 9.57. The van der Waals surface area contributed by atoms with Crippen LogP contribution in [0.3, 0.4) is 0 Å². The molecule has 0 atom stereocenters. The summed E-state index contributed by atoms with van der Waals surface area (Å²) < 4.78 is 4.94. The number of carboxylic acids is 1. The van der Waals surface area contributed by atoms with Crippen LogP contribution in [0.15, 0.2) is 24.3 Å². The van der Waals surface area contributed by atoms with Crippen LogP contribution in [0.1, 0.15) is 0 Å². The van der Waals surface area contributed by atoms with E-state index in [0.717, 1.165) is 0 Å². The van der Waals surface area contributed by atoms with Crippen LogP contribution in [-0.4, -0.2) is 35.1 Å². The van der Waals surface area contributed by atoms with Crippen molar-refractivity contribution in [2.75, 3.05) is 13.2 Å². The van der Waals surface area contributed by atoms with Crippen molar-refractivity contribution in [2.45, 2.75) is 0 Å². The zero-order valence-corrected chi connectivity index (χ0v) is 9.57. The number of ether oxygens (including phenoxy) is 1. The third kappa shape index (κ3) is 5.00. The second-order valence-electron chi connectivity index (χ2n) is 3.22. The highest BCUT2D eigenvalue weighted by atomic mass is 16.7. The first-order chi connectivity index (χ1) is 9.00. The number of benzene rings is 1. The fourth-order valence-corrected chi connectivity index (χ4v) is 1.08. The molecule has 9 heteroatoms. The van der Waals surface area contributed by atoms with Crippen LogP contribution < -0.4 is 10.2 Å². The van der Waals surface area contributed by atoms with Gasteiger partial charge in [-0.25, -0.2) is 10.3 Å². The van der Waals surface area contributed by atoms with E-state index in [1.54, 1.807) is 0 Å². The lowest BCUT2D eigenvalue weighted by Gasteiger charge is -2.06. The van der Waals surface area contributed by atoms with Gasteiger partial charge in [0.25, 0.3) is 5.91 Å². The first kappa shape index (κ1) is 14.4. The summed E-state index contributed by atoms with van der Waals surface area (Å²) in [6.45, 7) is -1.23. The van der Waals surface area contributed by atoms with Crippen molar-refractivity contribution in [3.05, 3.63) is 34.4 Å². The summed E-state index contributed by atoms with van der Waals surface area (Å²) in [6.07, 6.45) is 0. The number of hydroxylamine groups is 1. The maximum absolute atomic E-state index is 11.2. The number of carbonyl (C=O) groups is 2. The summed E-state index contributed by atoms with van der Waals surface area (Å²) in [5, 5.41) is 18.9. The van der Waals surface area contributed by atoms with Crippen LogP contribution >= 0.6 is 0 Å². The molecule has 0 aliphatic carbocycles. The van der Waals surface area contributed by atoms with Gasteiger partial charge in [-0.15, -0.1) is 0 Å². The van der Waals surface area contributed by atoms with Crippen LogP contribution in [0.2, 0.25) is 0 Å². The van der Waals surface area contributed by atoms with E-state index in [-0.39, 0.29) is 11.4 Å². The van der Waals surface area contributed by atoms with Crippen molar-refractivity contribution >= 4 is 17.6 Å². The minimum Gasteiger partial charge on any atom is -0.479 e. The topological polar surface area (TPSA) is 128 Å². The second kappa shape index (κ2) is 6.91. The minimum absolute atomic E-state index is 0.0686. The Hall–Kier alpha value is -2.68. The largest absolute Gasteiger partial charge is 0.479 e. The number of carbonyl (C=O) groups excluding carboxylic acids is 1. The number of aliphatic carboxylic acids is 1. The van der Waals surface area contributed by atoms with Crippen molar-refractivity contribution in [2.24, 2.45) is 0 Å². The summed E-state index contributed by atoms with van der Waals surface area (Å²) >= 11 is 0. The highest BCUT2D eigenvalue weighted by Crippen LogP contribution is 2.25. The molecule has 0 spiro atoms. The quantitative estimate of drug-likeness (QED) is 0.531. The van der Waals surface area contributed by atoms with Gasteiger partial charge in [0.2, 0.25) is 0 Å². The van der Waals surface area contributed by atoms with E-state index in [2.05, 4.69) is 4.84 Å². The number of hydrogen-bond donors (Lipinski definition) is 2. The van der Waals surface area contributed by atoms with Crippen LogP contribution in [0, 0.1) is 10.1 Å². The Morgan fingerprint density at radius 1 is 1.32 bits per heavy atom. The molecule has 2 N–H and O–H groups in total. The van der Waals surface area contributed by atoms with Crippen molar-refractivity contribution in [3.8, 4) is 5.75 Å². The number of carboxylic acid groups (broad SMARTS) is 1. The number of amides is 1. The minimum atomic E-state index is -1.25. The molecular formula is C10H10N2O7. The summed E-state index contributed by atoms with van der Waals surface area (Å²) in [5.41, 5.74) is 1.54. The number of nitro benzene ring substituents is 1. The Morgan fingerprint density at radius 3 is 2.63 bits per heavy atom. The molecule has 0 fully saturated rings. The number of para-hydroxylation sites is 2. The molecule has 1 aromatic rings. The fourth-order valence-electron chi connectivity index (χ4n) is 1.08. The number of rotatable bonds is 7. The molecule has 9 nitrogen and oxygen atoms in total. The molecule has 1 amide bonds. The standard InChI is InChI=1S/C10H10N2O7/c13-9(11-19-6-10(14)15)5-18-8-4-2-1-3-7(8)12(16)17/h1-4H,5-6H2,(H,11,13)(H,14,15). The summed E-state index contributed by atoms with van der Waals surface area (Å²) in [6, 6.07) is 5.54. The van der Waals surface area contributed by atoms with E-state index >= 15 is 0 Å². The van der Waals surface area contributed by atoms with Gasteiger partial charge in [0.05, 0.1) is 4.92 Å². The van der Waals surface area contributed by atoms with Crippen LogP contribution in [0.5, 0.6) is 5.75 Å². The average Bonchev–Trinajstić information content (AvgIpc) is 2.36. The van der Waals surface area contributed by atoms with Crippen molar-refractivity contribution in [3.63, 3.8) is 0 Å². The first-order valence-electron chi connectivity index (χ1n) is 4.99. The normalized spacial score (nSPS) is 9.68. The van der Waals surface area contributed by atoms with Gasteiger partial charge < -0.3 is 9.84 Å². The predicted molar refractivity (Wildman–Crippen MR) is 60.3 cm³/mol. The fraction of sp³-hybridized carbons (Fsp3) is 0.200. The average molecular weight is 270 g/mol. The SMILES string of the molecule is O=C(O)CONC(=O)COc1ccccc1[N+](=O)[O-]. The van der Waals surface area contributed by atoms with Gasteiger partial charge in [0.1, 0.15) is 0 Å². The lowest BCUT2D eigenvalue weighted by atomic mass is 10.3. The smallest absolute Gasteiger partial charge is 0.332 e. The van der Waals surface area contributed by atoms with Gasteiger partial charge in [-0.3, -0.25) is 19.7 Å². The summed E-state index contributed by atoms with van der Waals surface area (Å²) in [5.74, 6) is -2.08. The Morgan fingerprint density at radius 2 is 2.00 bits per heavy atom. The maximum atomic E-state index is 11.2. The third-order valence-electron chi connectivity index (χ3n) is 1.80. The van der Waals surface area contributed by atoms with Crippen LogP contribution in [0.25, 0.3) is 0 Å².